The van der Waals surface area contributed by atoms with E-state index in [0.717, 1.165) is 26.1 Å². The maximum absolute atomic E-state index is 11.9. The minimum atomic E-state index is -0.0590. The lowest BCUT2D eigenvalue weighted by atomic mass is 10.4. The first kappa shape index (κ1) is 14.7. The standard InChI is InChI=1S/C12H22N4O2/c1-3-8-16-9-6-15-11(12(16)17)14-5-4-13-7-10-18-2/h6,9,13H,3-5,7-8,10H2,1-2H3,(H,14,15). The number of aryl methyl sites for hydroxylation is 1. The van der Waals surface area contributed by atoms with E-state index in [1.165, 1.54) is 0 Å². The van der Waals surface area contributed by atoms with E-state index < -0.39 is 0 Å². The first-order chi connectivity index (χ1) is 8.79. The molecule has 0 atom stereocenters. The summed E-state index contributed by atoms with van der Waals surface area (Å²) in [4.78, 5) is 16.0. The smallest absolute Gasteiger partial charge is 0.293 e. The molecule has 0 saturated heterocycles. The van der Waals surface area contributed by atoms with Crippen molar-refractivity contribution in [1.29, 1.82) is 0 Å². The van der Waals surface area contributed by atoms with Gasteiger partial charge in [0.25, 0.3) is 5.56 Å². The highest BCUT2D eigenvalue weighted by molar-refractivity contribution is 5.30. The van der Waals surface area contributed by atoms with E-state index >= 15 is 0 Å². The molecular weight excluding hydrogens is 232 g/mol. The Morgan fingerprint density at radius 2 is 2.22 bits per heavy atom. The van der Waals surface area contributed by atoms with Gasteiger partial charge in [0.1, 0.15) is 0 Å². The third-order valence-corrected chi connectivity index (χ3v) is 2.46. The Labute approximate surface area is 107 Å². The number of hydrogen-bond acceptors (Lipinski definition) is 5. The lowest BCUT2D eigenvalue weighted by molar-refractivity contribution is 0.200. The van der Waals surface area contributed by atoms with Crippen LogP contribution in [0.15, 0.2) is 17.2 Å². The van der Waals surface area contributed by atoms with Gasteiger partial charge < -0.3 is 19.9 Å². The molecule has 0 amide bonds. The number of aromatic nitrogens is 2. The number of rotatable bonds is 9. The summed E-state index contributed by atoms with van der Waals surface area (Å²) in [6.45, 7) is 5.70. The van der Waals surface area contributed by atoms with Gasteiger partial charge in [0.05, 0.1) is 6.61 Å². The molecule has 18 heavy (non-hydrogen) atoms. The van der Waals surface area contributed by atoms with Crippen molar-refractivity contribution in [3.8, 4) is 0 Å². The molecule has 0 aromatic carbocycles. The molecule has 6 nitrogen and oxygen atoms in total. The second kappa shape index (κ2) is 8.66. The summed E-state index contributed by atoms with van der Waals surface area (Å²) in [5, 5.41) is 6.23. The van der Waals surface area contributed by atoms with Gasteiger partial charge in [0.2, 0.25) is 0 Å². The Morgan fingerprint density at radius 3 is 2.94 bits per heavy atom. The summed E-state index contributed by atoms with van der Waals surface area (Å²) in [5.74, 6) is 0.416. The average molecular weight is 254 g/mol. The number of ether oxygens (including phenoxy) is 1. The van der Waals surface area contributed by atoms with Crippen LogP contribution in [0.4, 0.5) is 5.82 Å². The monoisotopic (exact) mass is 254 g/mol. The summed E-state index contributed by atoms with van der Waals surface area (Å²) in [6.07, 6.45) is 4.30. The second-order valence-corrected chi connectivity index (χ2v) is 3.94. The molecule has 0 saturated carbocycles. The first-order valence-corrected chi connectivity index (χ1v) is 6.28. The first-order valence-electron chi connectivity index (χ1n) is 6.28. The van der Waals surface area contributed by atoms with Gasteiger partial charge in [-0.3, -0.25) is 4.79 Å². The topological polar surface area (TPSA) is 68.2 Å². The molecule has 0 aliphatic carbocycles. The highest BCUT2D eigenvalue weighted by Gasteiger charge is 2.02. The van der Waals surface area contributed by atoms with Crippen molar-refractivity contribution in [3.05, 3.63) is 22.7 Å². The maximum atomic E-state index is 11.9. The van der Waals surface area contributed by atoms with E-state index in [4.69, 9.17) is 4.74 Å². The van der Waals surface area contributed by atoms with E-state index in [9.17, 15) is 4.79 Å². The number of methoxy groups -OCH3 is 1. The van der Waals surface area contributed by atoms with E-state index in [0.29, 0.717) is 19.0 Å². The molecule has 0 unspecified atom stereocenters. The van der Waals surface area contributed by atoms with Crippen LogP contribution in [0.2, 0.25) is 0 Å². The zero-order chi connectivity index (χ0) is 13.2. The molecule has 0 bridgehead atoms. The SMILES string of the molecule is CCCn1ccnc(NCCNCCOC)c1=O. The predicted octanol–water partition coefficient (Wildman–Crippen LogP) is 0.301. The molecule has 0 spiro atoms. The Bertz CT molecular complexity index is 392. The van der Waals surface area contributed by atoms with Gasteiger partial charge >= 0.3 is 0 Å². The fraction of sp³-hybridized carbons (Fsp3) is 0.667. The molecule has 6 heteroatoms. The molecule has 1 rings (SSSR count). The molecule has 102 valence electrons. The summed E-state index contributed by atoms with van der Waals surface area (Å²) in [5.41, 5.74) is -0.0590. The van der Waals surface area contributed by atoms with Gasteiger partial charge in [0, 0.05) is 45.7 Å². The van der Waals surface area contributed by atoms with Gasteiger partial charge in [-0.25, -0.2) is 4.98 Å². The van der Waals surface area contributed by atoms with Crippen LogP contribution in [0.5, 0.6) is 0 Å². The Kier molecular flexibility index (Phi) is 7.05. The van der Waals surface area contributed by atoms with Crippen molar-refractivity contribution in [2.24, 2.45) is 0 Å². The van der Waals surface area contributed by atoms with Crippen LogP contribution in [-0.4, -0.2) is 42.9 Å². The third-order valence-electron chi connectivity index (χ3n) is 2.46. The van der Waals surface area contributed by atoms with Gasteiger partial charge in [0.15, 0.2) is 5.82 Å². The number of nitrogens with one attached hydrogen (secondary N) is 2. The van der Waals surface area contributed by atoms with Crippen LogP contribution in [0.25, 0.3) is 0 Å². The summed E-state index contributed by atoms with van der Waals surface area (Å²) in [7, 11) is 1.67. The quantitative estimate of drug-likeness (QED) is 0.620. The zero-order valence-corrected chi connectivity index (χ0v) is 11.1. The lowest BCUT2D eigenvalue weighted by Crippen LogP contribution is -2.29. The number of hydrogen-bond donors (Lipinski definition) is 2. The predicted molar refractivity (Wildman–Crippen MR) is 72.0 cm³/mol. The van der Waals surface area contributed by atoms with Crippen LogP contribution < -0.4 is 16.2 Å². The van der Waals surface area contributed by atoms with Crippen molar-refractivity contribution in [2.75, 3.05) is 38.7 Å². The summed E-state index contributed by atoms with van der Waals surface area (Å²) in [6, 6.07) is 0. The Hall–Kier alpha value is -1.40. The fourth-order valence-electron chi connectivity index (χ4n) is 1.55. The van der Waals surface area contributed by atoms with Gasteiger partial charge in [-0.05, 0) is 6.42 Å². The highest BCUT2D eigenvalue weighted by Crippen LogP contribution is 1.93. The summed E-state index contributed by atoms with van der Waals surface area (Å²) < 4.78 is 6.59. The van der Waals surface area contributed by atoms with Gasteiger partial charge in [-0.1, -0.05) is 6.92 Å². The van der Waals surface area contributed by atoms with Crippen molar-refractivity contribution in [2.45, 2.75) is 19.9 Å². The maximum Gasteiger partial charge on any atom is 0.293 e. The van der Waals surface area contributed by atoms with Crippen molar-refractivity contribution in [3.63, 3.8) is 0 Å². The van der Waals surface area contributed by atoms with Gasteiger partial charge in [-0.15, -0.1) is 0 Å². The largest absolute Gasteiger partial charge is 0.383 e. The van der Waals surface area contributed by atoms with Crippen molar-refractivity contribution < 1.29 is 4.74 Å². The minimum Gasteiger partial charge on any atom is -0.383 e. The molecule has 0 aliphatic rings. The van der Waals surface area contributed by atoms with E-state index in [-0.39, 0.29) is 5.56 Å². The van der Waals surface area contributed by atoms with Crippen LogP contribution in [0.1, 0.15) is 13.3 Å². The van der Waals surface area contributed by atoms with Crippen LogP contribution in [-0.2, 0) is 11.3 Å². The molecule has 1 aromatic rings. The average Bonchev–Trinajstić information content (AvgIpc) is 2.38. The molecular formula is C12H22N4O2. The van der Waals surface area contributed by atoms with Crippen molar-refractivity contribution in [1.82, 2.24) is 14.9 Å². The van der Waals surface area contributed by atoms with E-state index in [1.807, 2.05) is 6.92 Å². The number of anilines is 1. The van der Waals surface area contributed by atoms with Crippen molar-refractivity contribution >= 4 is 5.82 Å². The molecule has 2 N–H and O–H groups in total. The second-order valence-electron chi connectivity index (χ2n) is 3.94. The van der Waals surface area contributed by atoms with Crippen LogP contribution in [0.3, 0.4) is 0 Å². The third kappa shape index (κ3) is 4.85. The zero-order valence-electron chi connectivity index (χ0n) is 11.1. The lowest BCUT2D eigenvalue weighted by Gasteiger charge is -2.08. The van der Waals surface area contributed by atoms with Crippen LogP contribution in [0, 0.1) is 0 Å². The highest BCUT2D eigenvalue weighted by atomic mass is 16.5. The molecule has 1 aromatic heterocycles. The van der Waals surface area contributed by atoms with Gasteiger partial charge in [-0.2, -0.15) is 0 Å². The Balaban J connectivity index is 2.38. The van der Waals surface area contributed by atoms with E-state index in [1.54, 1.807) is 24.1 Å². The fourth-order valence-corrected chi connectivity index (χ4v) is 1.55. The molecule has 0 aliphatic heterocycles. The molecule has 1 heterocycles. The van der Waals surface area contributed by atoms with Crippen LogP contribution >= 0.6 is 0 Å². The minimum absolute atomic E-state index is 0.0590. The van der Waals surface area contributed by atoms with E-state index in [2.05, 4.69) is 15.6 Å². The normalized spacial score (nSPS) is 10.6. The Morgan fingerprint density at radius 1 is 1.39 bits per heavy atom. The summed E-state index contributed by atoms with van der Waals surface area (Å²) >= 11 is 0. The molecule has 0 fully saturated rings. The number of nitrogens with zero attached hydrogens (tertiary/aromatic N) is 2. The molecule has 0 radical (unpaired) electrons.